The summed E-state index contributed by atoms with van der Waals surface area (Å²) >= 11 is 3.58. The van der Waals surface area contributed by atoms with Crippen molar-refractivity contribution in [3.05, 3.63) is 39.6 Å². The van der Waals surface area contributed by atoms with Crippen LogP contribution < -0.4 is 10.1 Å². The topological polar surface area (TPSA) is 39.1 Å². The van der Waals surface area contributed by atoms with Gasteiger partial charge in [0, 0.05) is 35.7 Å². The highest BCUT2D eigenvalue weighted by Crippen LogP contribution is 2.33. The SMILES string of the molecule is CCCn1cc(C)nc1NCc1cc(Br)cc2c1OCC2. The molecule has 3 rings (SSSR count). The van der Waals surface area contributed by atoms with Gasteiger partial charge in [-0.3, -0.25) is 0 Å². The van der Waals surface area contributed by atoms with Crippen LogP contribution in [0.25, 0.3) is 0 Å². The average molecular weight is 350 g/mol. The summed E-state index contributed by atoms with van der Waals surface area (Å²) in [4.78, 5) is 4.56. The summed E-state index contributed by atoms with van der Waals surface area (Å²) in [7, 11) is 0. The van der Waals surface area contributed by atoms with Crippen molar-refractivity contribution < 1.29 is 4.74 Å². The molecule has 1 aromatic carbocycles. The number of rotatable bonds is 5. The minimum atomic E-state index is 0.724. The summed E-state index contributed by atoms with van der Waals surface area (Å²) in [5.41, 5.74) is 3.51. The van der Waals surface area contributed by atoms with E-state index in [9.17, 15) is 0 Å². The van der Waals surface area contributed by atoms with Crippen molar-refractivity contribution in [1.29, 1.82) is 0 Å². The van der Waals surface area contributed by atoms with Crippen LogP contribution in [0, 0.1) is 6.92 Å². The van der Waals surface area contributed by atoms with Crippen molar-refractivity contribution in [2.75, 3.05) is 11.9 Å². The number of aromatic nitrogens is 2. The molecule has 0 bridgehead atoms. The first-order valence-corrected chi connectivity index (χ1v) is 8.18. The number of imidazole rings is 1. The van der Waals surface area contributed by atoms with Gasteiger partial charge in [-0.05, 0) is 31.0 Å². The summed E-state index contributed by atoms with van der Waals surface area (Å²) in [5, 5.41) is 3.44. The van der Waals surface area contributed by atoms with Crippen molar-refractivity contribution in [2.24, 2.45) is 0 Å². The Morgan fingerprint density at radius 1 is 1.43 bits per heavy atom. The molecule has 2 heterocycles. The van der Waals surface area contributed by atoms with Crippen molar-refractivity contribution in [2.45, 2.75) is 39.8 Å². The monoisotopic (exact) mass is 349 g/mol. The van der Waals surface area contributed by atoms with E-state index in [0.29, 0.717) is 0 Å². The van der Waals surface area contributed by atoms with E-state index in [4.69, 9.17) is 4.74 Å². The first kappa shape index (κ1) is 14.4. The molecule has 1 aromatic heterocycles. The Labute approximate surface area is 133 Å². The van der Waals surface area contributed by atoms with Gasteiger partial charge < -0.3 is 14.6 Å². The van der Waals surface area contributed by atoms with Gasteiger partial charge in [-0.2, -0.15) is 0 Å². The zero-order valence-electron chi connectivity index (χ0n) is 12.4. The number of anilines is 1. The highest BCUT2D eigenvalue weighted by atomic mass is 79.9. The normalized spacial score (nSPS) is 13.1. The quantitative estimate of drug-likeness (QED) is 0.889. The van der Waals surface area contributed by atoms with Crippen molar-refractivity contribution in [3.8, 4) is 5.75 Å². The van der Waals surface area contributed by atoms with Crippen molar-refractivity contribution in [3.63, 3.8) is 0 Å². The Balaban J connectivity index is 1.79. The zero-order valence-corrected chi connectivity index (χ0v) is 14.0. The molecule has 0 aliphatic carbocycles. The van der Waals surface area contributed by atoms with Crippen LogP contribution >= 0.6 is 15.9 Å². The van der Waals surface area contributed by atoms with Gasteiger partial charge in [0.1, 0.15) is 5.75 Å². The number of hydrogen-bond acceptors (Lipinski definition) is 3. The lowest BCUT2D eigenvalue weighted by atomic mass is 10.1. The molecule has 21 heavy (non-hydrogen) atoms. The largest absolute Gasteiger partial charge is 0.493 e. The van der Waals surface area contributed by atoms with Crippen LogP contribution in [0.15, 0.2) is 22.8 Å². The van der Waals surface area contributed by atoms with E-state index in [0.717, 1.165) is 54.4 Å². The highest BCUT2D eigenvalue weighted by molar-refractivity contribution is 9.10. The molecule has 5 heteroatoms. The molecule has 1 aliphatic rings. The first-order valence-electron chi connectivity index (χ1n) is 7.39. The molecule has 0 saturated heterocycles. The molecule has 0 amide bonds. The second-order valence-corrected chi connectivity index (χ2v) is 6.32. The lowest BCUT2D eigenvalue weighted by Gasteiger charge is -2.12. The molecular weight excluding hydrogens is 330 g/mol. The van der Waals surface area contributed by atoms with E-state index in [1.165, 1.54) is 11.1 Å². The molecule has 2 aromatic rings. The summed E-state index contributed by atoms with van der Waals surface area (Å²) < 4.78 is 9.05. The molecule has 0 radical (unpaired) electrons. The molecule has 0 unspecified atom stereocenters. The van der Waals surface area contributed by atoms with Gasteiger partial charge in [-0.15, -0.1) is 0 Å². The smallest absolute Gasteiger partial charge is 0.203 e. The Morgan fingerprint density at radius 2 is 2.29 bits per heavy atom. The maximum Gasteiger partial charge on any atom is 0.203 e. The van der Waals surface area contributed by atoms with Crippen LogP contribution in [0.3, 0.4) is 0 Å². The van der Waals surface area contributed by atoms with Gasteiger partial charge in [0.25, 0.3) is 0 Å². The Kier molecular flexibility index (Phi) is 4.19. The summed E-state index contributed by atoms with van der Waals surface area (Å²) in [6.07, 6.45) is 4.18. The summed E-state index contributed by atoms with van der Waals surface area (Å²) in [5.74, 6) is 1.97. The third-order valence-electron chi connectivity index (χ3n) is 3.62. The molecule has 1 N–H and O–H groups in total. The molecule has 4 nitrogen and oxygen atoms in total. The van der Waals surface area contributed by atoms with Gasteiger partial charge in [-0.1, -0.05) is 22.9 Å². The van der Waals surface area contributed by atoms with Crippen LogP contribution in [0.1, 0.15) is 30.2 Å². The summed E-state index contributed by atoms with van der Waals surface area (Å²) in [6.45, 7) is 6.69. The van der Waals surface area contributed by atoms with Crippen LogP contribution in [-0.2, 0) is 19.5 Å². The number of benzene rings is 1. The van der Waals surface area contributed by atoms with E-state index in [1.54, 1.807) is 0 Å². The molecule has 112 valence electrons. The van der Waals surface area contributed by atoms with Gasteiger partial charge >= 0.3 is 0 Å². The van der Waals surface area contributed by atoms with Crippen LogP contribution in [0.2, 0.25) is 0 Å². The number of halogens is 1. The average Bonchev–Trinajstić information content (AvgIpc) is 3.03. The lowest BCUT2D eigenvalue weighted by molar-refractivity contribution is 0.354. The van der Waals surface area contributed by atoms with E-state index in [-0.39, 0.29) is 0 Å². The fraction of sp³-hybridized carbons (Fsp3) is 0.438. The number of aryl methyl sites for hydroxylation is 2. The van der Waals surface area contributed by atoms with Crippen LogP contribution in [0.4, 0.5) is 5.95 Å². The lowest BCUT2D eigenvalue weighted by Crippen LogP contribution is -2.08. The molecule has 0 saturated carbocycles. The first-order chi connectivity index (χ1) is 10.2. The fourth-order valence-electron chi connectivity index (χ4n) is 2.75. The summed E-state index contributed by atoms with van der Waals surface area (Å²) in [6, 6.07) is 4.27. The molecular formula is C16H20BrN3O. The number of hydrogen-bond donors (Lipinski definition) is 1. The van der Waals surface area contributed by atoms with E-state index >= 15 is 0 Å². The minimum Gasteiger partial charge on any atom is -0.493 e. The van der Waals surface area contributed by atoms with Crippen LogP contribution in [0.5, 0.6) is 5.75 Å². The Morgan fingerprint density at radius 3 is 3.10 bits per heavy atom. The number of nitrogens with zero attached hydrogens (tertiary/aromatic N) is 2. The third kappa shape index (κ3) is 3.07. The second-order valence-electron chi connectivity index (χ2n) is 5.40. The van der Waals surface area contributed by atoms with Crippen molar-refractivity contribution in [1.82, 2.24) is 9.55 Å². The maximum absolute atomic E-state index is 5.77. The van der Waals surface area contributed by atoms with Gasteiger partial charge in [0.05, 0.1) is 12.3 Å². The molecule has 0 atom stereocenters. The van der Waals surface area contributed by atoms with Crippen molar-refractivity contribution >= 4 is 21.9 Å². The maximum atomic E-state index is 5.77. The predicted octanol–water partition coefficient (Wildman–Crippen LogP) is 3.91. The van der Waals surface area contributed by atoms with Gasteiger partial charge in [0.2, 0.25) is 5.95 Å². The third-order valence-corrected chi connectivity index (χ3v) is 4.08. The zero-order chi connectivity index (χ0) is 14.8. The molecule has 0 fully saturated rings. The Hall–Kier alpha value is -1.49. The number of fused-ring (bicyclic) bond motifs is 1. The van der Waals surface area contributed by atoms with E-state index in [2.05, 4.69) is 56.1 Å². The van der Waals surface area contributed by atoms with E-state index in [1.807, 2.05) is 6.92 Å². The number of ether oxygens (including phenoxy) is 1. The second kappa shape index (κ2) is 6.10. The van der Waals surface area contributed by atoms with E-state index < -0.39 is 0 Å². The standard InChI is InChI=1S/C16H20BrN3O/c1-3-5-20-10-11(2)19-16(20)18-9-13-8-14(17)7-12-4-6-21-15(12)13/h7-8,10H,3-6,9H2,1-2H3,(H,18,19). The predicted molar refractivity (Wildman–Crippen MR) is 87.9 cm³/mol. The fourth-order valence-corrected chi connectivity index (χ4v) is 3.30. The van der Waals surface area contributed by atoms with Gasteiger partial charge in [0.15, 0.2) is 0 Å². The minimum absolute atomic E-state index is 0.724. The Bertz CT molecular complexity index is 651. The highest BCUT2D eigenvalue weighted by Gasteiger charge is 2.17. The van der Waals surface area contributed by atoms with Crippen LogP contribution in [-0.4, -0.2) is 16.2 Å². The molecule has 0 spiro atoms. The number of nitrogens with one attached hydrogen (secondary N) is 1. The molecule has 1 aliphatic heterocycles. The van der Waals surface area contributed by atoms with Gasteiger partial charge in [-0.25, -0.2) is 4.98 Å².